The first-order valence-corrected chi connectivity index (χ1v) is 7.32. The van der Waals surface area contributed by atoms with Crippen molar-refractivity contribution in [2.45, 2.75) is 38.6 Å². The summed E-state index contributed by atoms with van der Waals surface area (Å²) in [6, 6.07) is 4.17. The minimum atomic E-state index is 0.0789. The zero-order valence-electron chi connectivity index (χ0n) is 9.33. The monoisotopic (exact) mass is 301 g/mol. The van der Waals surface area contributed by atoms with E-state index in [0.717, 1.165) is 27.4 Å². The van der Waals surface area contributed by atoms with Crippen LogP contribution in [-0.4, -0.2) is 11.9 Å². The molecule has 0 unspecified atom stereocenters. The van der Waals surface area contributed by atoms with E-state index < -0.39 is 0 Å². The van der Waals surface area contributed by atoms with Gasteiger partial charge in [0.25, 0.3) is 5.91 Å². The van der Waals surface area contributed by atoms with Crippen molar-refractivity contribution in [1.29, 1.82) is 0 Å². The van der Waals surface area contributed by atoms with Gasteiger partial charge in [-0.1, -0.05) is 6.92 Å². The molecule has 0 atom stereocenters. The van der Waals surface area contributed by atoms with Crippen molar-refractivity contribution >= 4 is 33.2 Å². The van der Waals surface area contributed by atoms with Crippen LogP contribution in [-0.2, 0) is 0 Å². The lowest BCUT2D eigenvalue weighted by Gasteiger charge is -2.26. The molecule has 0 bridgehead atoms. The van der Waals surface area contributed by atoms with E-state index in [0.29, 0.717) is 6.04 Å². The Morgan fingerprint density at radius 1 is 1.38 bits per heavy atom. The van der Waals surface area contributed by atoms with Crippen molar-refractivity contribution in [3.05, 3.63) is 20.8 Å². The first-order chi connectivity index (χ1) is 7.65. The highest BCUT2D eigenvalue weighted by molar-refractivity contribution is 9.11. The lowest BCUT2D eigenvalue weighted by molar-refractivity contribution is 0.0927. The third kappa shape index (κ3) is 3.08. The lowest BCUT2D eigenvalue weighted by Crippen LogP contribution is -2.36. The highest BCUT2D eigenvalue weighted by Gasteiger charge is 2.20. The molecule has 0 spiro atoms. The van der Waals surface area contributed by atoms with E-state index in [1.165, 1.54) is 24.2 Å². The maximum absolute atomic E-state index is 11.9. The number of carbonyl (C=O) groups is 1. The van der Waals surface area contributed by atoms with Gasteiger partial charge >= 0.3 is 0 Å². The standard InChI is InChI=1S/C12H16BrNOS/c1-8-2-4-9(5-3-8)14-12(15)10-6-7-11(13)16-10/h6-9H,2-5H2,1H3,(H,14,15). The quantitative estimate of drug-likeness (QED) is 0.884. The molecule has 1 saturated carbocycles. The van der Waals surface area contributed by atoms with Crippen molar-refractivity contribution in [3.8, 4) is 0 Å². The number of hydrogen-bond acceptors (Lipinski definition) is 2. The minimum Gasteiger partial charge on any atom is -0.349 e. The summed E-state index contributed by atoms with van der Waals surface area (Å²) in [6.07, 6.45) is 4.72. The molecule has 1 aliphatic carbocycles. The van der Waals surface area contributed by atoms with Crippen LogP contribution in [0.5, 0.6) is 0 Å². The van der Waals surface area contributed by atoms with Crippen LogP contribution >= 0.6 is 27.3 Å². The van der Waals surface area contributed by atoms with Crippen LogP contribution in [0.4, 0.5) is 0 Å². The fourth-order valence-electron chi connectivity index (χ4n) is 2.10. The average Bonchev–Trinajstić information content (AvgIpc) is 2.68. The Kier molecular flexibility index (Phi) is 4.03. The van der Waals surface area contributed by atoms with Gasteiger partial charge < -0.3 is 5.32 Å². The molecule has 88 valence electrons. The molecule has 16 heavy (non-hydrogen) atoms. The second-order valence-corrected chi connectivity index (χ2v) is 7.00. The molecule has 1 aromatic heterocycles. The van der Waals surface area contributed by atoms with Crippen LogP contribution in [0.2, 0.25) is 0 Å². The number of hydrogen-bond donors (Lipinski definition) is 1. The SMILES string of the molecule is CC1CCC(NC(=O)c2ccc(Br)s2)CC1. The summed E-state index contributed by atoms with van der Waals surface area (Å²) in [4.78, 5) is 12.7. The Morgan fingerprint density at radius 3 is 2.62 bits per heavy atom. The fraction of sp³-hybridized carbons (Fsp3) is 0.583. The second-order valence-electron chi connectivity index (χ2n) is 4.53. The van der Waals surface area contributed by atoms with Crippen LogP contribution in [0, 0.1) is 5.92 Å². The first kappa shape index (κ1) is 12.1. The molecular weight excluding hydrogens is 286 g/mol. The number of amides is 1. The van der Waals surface area contributed by atoms with E-state index >= 15 is 0 Å². The first-order valence-electron chi connectivity index (χ1n) is 5.71. The van der Waals surface area contributed by atoms with Crippen LogP contribution in [0.3, 0.4) is 0 Å². The summed E-state index contributed by atoms with van der Waals surface area (Å²) in [6.45, 7) is 2.29. The number of carbonyl (C=O) groups excluding carboxylic acids is 1. The summed E-state index contributed by atoms with van der Waals surface area (Å²) in [5.74, 6) is 0.902. The second kappa shape index (κ2) is 5.32. The van der Waals surface area contributed by atoms with Crippen LogP contribution in [0.25, 0.3) is 0 Å². The predicted molar refractivity (Wildman–Crippen MR) is 70.9 cm³/mol. The lowest BCUT2D eigenvalue weighted by atomic mass is 9.87. The van der Waals surface area contributed by atoms with Crippen LogP contribution < -0.4 is 5.32 Å². The van der Waals surface area contributed by atoms with Gasteiger partial charge in [0.2, 0.25) is 0 Å². The summed E-state index contributed by atoms with van der Waals surface area (Å²) < 4.78 is 1.01. The Balaban J connectivity index is 1.88. The zero-order chi connectivity index (χ0) is 11.5. The van der Waals surface area contributed by atoms with Crippen molar-refractivity contribution in [2.75, 3.05) is 0 Å². The van der Waals surface area contributed by atoms with Gasteiger partial charge in [-0.05, 0) is 59.7 Å². The molecule has 0 saturated heterocycles. The molecule has 1 amide bonds. The average molecular weight is 302 g/mol. The molecule has 1 N–H and O–H groups in total. The predicted octanol–water partition coefficient (Wildman–Crippen LogP) is 3.82. The Morgan fingerprint density at radius 2 is 2.06 bits per heavy atom. The van der Waals surface area contributed by atoms with Crippen molar-refractivity contribution in [1.82, 2.24) is 5.32 Å². The van der Waals surface area contributed by atoms with Gasteiger partial charge in [0, 0.05) is 6.04 Å². The van der Waals surface area contributed by atoms with Gasteiger partial charge in [0.15, 0.2) is 0 Å². The maximum atomic E-state index is 11.9. The highest BCUT2D eigenvalue weighted by atomic mass is 79.9. The summed E-state index contributed by atoms with van der Waals surface area (Å²) >= 11 is 4.86. The van der Waals surface area contributed by atoms with Crippen molar-refractivity contribution in [2.24, 2.45) is 5.92 Å². The van der Waals surface area contributed by atoms with Gasteiger partial charge in [-0.2, -0.15) is 0 Å². The van der Waals surface area contributed by atoms with E-state index in [1.807, 2.05) is 12.1 Å². The normalized spacial score (nSPS) is 25.4. The van der Waals surface area contributed by atoms with Crippen LogP contribution in [0.15, 0.2) is 15.9 Å². The Bertz CT molecular complexity index is 369. The Hall–Kier alpha value is -0.350. The molecule has 1 heterocycles. The molecular formula is C12H16BrNOS. The molecule has 1 aliphatic rings. The number of halogens is 1. The minimum absolute atomic E-state index is 0.0789. The van der Waals surface area contributed by atoms with Gasteiger partial charge in [0.05, 0.1) is 8.66 Å². The molecule has 2 rings (SSSR count). The van der Waals surface area contributed by atoms with Crippen LogP contribution in [0.1, 0.15) is 42.3 Å². The van der Waals surface area contributed by atoms with E-state index in [2.05, 4.69) is 28.2 Å². The molecule has 0 aromatic carbocycles. The highest BCUT2D eigenvalue weighted by Crippen LogP contribution is 2.25. The van der Waals surface area contributed by atoms with E-state index in [1.54, 1.807) is 0 Å². The number of rotatable bonds is 2. The Labute approximate surface area is 109 Å². The summed E-state index contributed by atoms with van der Waals surface area (Å²) in [7, 11) is 0. The fourth-order valence-corrected chi connectivity index (χ4v) is 3.39. The summed E-state index contributed by atoms with van der Waals surface area (Å²) in [5.41, 5.74) is 0. The van der Waals surface area contributed by atoms with E-state index in [-0.39, 0.29) is 5.91 Å². The van der Waals surface area contributed by atoms with E-state index in [4.69, 9.17) is 0 Å². The largest absolute Gasteiger partial charge is 0.349 e. The third-order valence-electron chi connectivity index (χ3n) is 3.15. The van der Waals surface area contributed by atoms with Gasteiger partial charge in [0.1, 0.15) is 0 Å². The van der Waals surface area contributed by atoms with Gasteiger partial charge in [-0.25, -0.2) is 0 Å². The van der Waals surface area contributed by atoms with Crippen molar-refractivity contribution in [3.63, 3.8) is 0 Å². The third-order valence-corrected chi connectivity index (χ3v) is 4.77. The number of nitrogens with one attached hydrogen (secondary N) is 1. The molecule has 0 aliphatic heterocycles. The summed E-state index contributed by atoms with van der Waals surface area (Å²) in [5, 5.41) is 3.12. The molecule has 1 aromatic rings. The number of thiophene rings is 1. The molecule has 4 heteroatoms. The smallest absolute Gasteiger partial charge is 0.261 e. The zero-order valence-corrected chi connectivity index (χ0v) is 11.7. The molecule has 2 nitrogen and oxygen atoms in total. The molecule has 0 radical (unpaired) electrons. The molecule has 1 fully saturated rings. The topological polar surface area (TPSA) is 29.1 Å². The maximum Gasteiger partial charge on any atom is 0.261 e. The van der Waals surface area contributed by atoms with E-state index in [9.17, 15) is 4.79 Å². The van der Waals surface area contributed by atoms with Crippen molar-refractivity contribution < 1.29 is 4.79 Å². The van der Waals surface area contributed by atoms with Gasteiger partial charge in [-0.3, -0.25) is 4.79 Å². The van der Waals surface area contributed by atoms with Gasteiger partial charge in [-0.15, -0.1) is 11.3 Å².